The third-order valence-corrected chi connectivity index (χ3v) is 3.79. The van der Waals surface area contributed by atoms with Crippen molar-refractivity contribution in [3.05, 3.63) is 53.6 Å². The summed E-state index contributed by atoms with van der Waals surface area (Å²) in [6, 6.07) is 11.4. The number of cyclic esters (lactones) is 1. The SMILES string of the molecule is O=C1NC(=O)C(c2ccc(NC(=O)c3ccc4c(c3)OCO4)cc2)O1. The van der Waals surface area contributed by atoms with Crippen molar-refractivity contribution in [1.29, 1.82) is 0 Å². The minimum Gasteiger partial charge on any atom is -0.454 e. The largest absolute Gasteiger partial charge is 0.454 e. The summed E-state index contributed by atoms with van der Waals surface area (Å²) in [5, 5.41) is 4.81. The molecule has 1 atom stereocenters. The maximum Gasteiger partial charge on any atom is 0.415 e. The van der Waals surface area contributed by atoms with Crippen molar-refractivity contribution >= 4 is 23.6 Å². The van der Waals surface area contributed by atoms with Crippen molar-refractivity contribution in [2.75, 3.05) is 12.1 Å². The molecule has 8 nitrogen and oxygen atoms in total. The lowest BCUT2D eigenvalue weighted by Gasteiger charge is -2.09. The average Bonchev–Trinajstić information content (AvgIpc) is 3.20. The van der Waals surface area contributed by atoms with E-state index in [2.05, 4.69) is 10.6 Å². The highest BCUT2D eigenvalue weighted by Crippen LogP contribution is 2.32. The first-order chi connectivity index (χ1) is 12.1. The molecule has 4 rings (SSSR count). The number of hydrogen-bond donors (Lipinski definition) is 2. The molecule has 0 radical (unpaired) electrons. The van der Waals surface area contributed by atoms with Crippen LogP contribution in [0.2, 0.25) is 0 Å². The summed E-state index contributed by atoms with van der Waals surface area (Å²) in [5.41, 5.74) is 1.48. The Bertz CT molecular complexity index is 877. The average molecular weight is 340 g/mol. The van der Waals surface area contributed by atoms with E-state index in [4.69, 9.17) is 14.2 Å². The molecule has 1 fully saturated rings. The van der Waals surface area contributed by atoms with Gasteiger partial charge in [-0.05, 0) is 30.3 Å². The van der Waals surface area contributed by atoms with Gasteiger partial charge in [0.05, 0.1) is 0 Å². The van der Waals surface area contributed by atoms with Gasteiger partial charge in [0.1, 0.15) is 0 Å². The molecule has 1 unspecified atom stereocenters. The Morgan fingerprint density at radius 3 is 2.52 bits per heavy atom. The molecule has 0 saturated carbocycles. The lowest BCUT2D eigenvalue weighted by atomic mass is 10.1. The number of imide groups is 1. The Hall–Kier alpha value is -3.55. The normalized spacial score (nSPS) is 17.8. The van der Waals surface area contributed by atoms with E-state index in [0.29, 0.717) is 28.3 Å². The molecule has 1 saturated heterocycles. The van der Waals surface area contributed by atoms with Gasteiger partial charge in [0.25, 0.3) is 11.8 Å². The Labute approximate surface area is 141 Å². The van der Waals surface area contributed by atoms with Crippen LogP contribution in [0.25, 0.3) is 0 Å². The smallest absolute Gasteiger partial charge is 0.415 e. The monoisotopic (exact) mass is 340 g/mol. The fourth-order valence-corrected chi connectivity index (χ4v) is 2.56. The quantitative estimate of drug-likeness (QED) is 0.885. The molecule has 0 aliphatic carbocycles. The summed E-state index contributed by atoms with van der Waals surface area (Å²) in [6.07, 6.45) is -1.73. The third-order valence-electron chi connectivity index (χ3n) is 3.79. The van der Waals surface area contributed by atoms with Crippen molar-refractivity contribution < 1.29 is 28.6 Å². The molecule has 8 heteroatoms. The lowest BCUT2D eigenvalue weighted by Crippen LogP contribution is -2.20. The highest BCUT2D eigenvalue weighted by atomic mass is 16.7. The first-order valence-electron chi connectivity index (χ1n) is 7.42. The zero-order valence-corrected chi connectivity index (χ0v) is 12.8. The Morgan fingerprint density at radius 2 is 1.80 bits per heavy atom. The molecule has 126 valence electrons. The van der Waals surface area contributed by atoms with Crippen LogP contribution in [0.1, 0.15) is 22.0 Å². The predicted octanol–water partition coefficient (Wildman–Crippen LogP) is 1.98. The van der Waals surface area contributed by atoms with Gasteiger partial charge < -0.3 is 19.5 Å². The topological polar surface area (TPSA) is 103 Å². The van der Waals surface area contributed by atoms with Crippen LogP contribution in [0.5, 0.6) is 11.5 Å². The molecule has 2 aliphatic heterocycles. The summed E-state index contributed by atoms with van der Waals surface area (Å²) >= 11 is 0. The zero-order valence-electron chi connectivity index (χ0n) is 12.8. The van der Waals surface area contributed by atoms with E-state index in [1.807, 2.05) is 0 Å². The second-order valence-electron chi connectivity index (χ2n) is 5.42. The number of carbonyl (C=O) groups is 3. The van der Waals surface area contributed by atoms with Crippen LogP contribution < -0.4 is 20.1 Å². The number of hydrogen-bond acceptors (Lipinski definition) is 6. The Balaban J connectivity index is 1.47. The highest BCUT2D eigenvalue weighted by Gasteiger charge is 2.33. The predicted molar refractivity (Wildman–Crippen MR) is 84.3 cm³/mol. The van der Waals surface area contributed by atoms with Crippen molar-refractivity contribution in [1.82, 2.24) is 5.32 Å². The number of fused-ring (bicyclic) bond motifs is 1. The molecule has 3 amide bonds. The number of nitrogens with one attached hydrogen (secondary N) is 2. The van der Waals surface area contributed by atoms with Gasteiger partial charge in [0, 0.05) is 16.8 Å². The van der Waals surface area contributed by atoms with Crippen molar-refractivity contribution in [3.8, 4) is 11.5 Å². The maximum absolute atomic E-state index is 12.3. The Kier molecular flexibility index (Phi) is 3.50. The van der Waals surface area contributed by atoms with Gasteiger partial charge in [0.15, 0.2) is 11.5 Å². The summed E-state index contributed by atoms with van der Waals surface area (Å²) in [7, 11) is 0. The van der Waals surface area contributed by atoms with Crippen LogP contribution in [0, 0.1) is 0 Å². The van der Waals surface area contributed by atoms with Gasteiger partial charge >= 0.3 is 6.09 Å². The minimum atomic E-state index is -0.967. The number of amides is 3. The van der Waals surface area contributed by atoms with Crippen LogP contribution in [-0.2, 0) is 9.53 Å². The van der Waals surface area contributed by atoms with Gasteiger partial charge in [-0.25, -0.2) is 4.79 Å². The van der Waals surface area contributed by atoms with E-state index in [1.165, 1.54) is 0 Å². The number of rotatable bonds is 3. The van der Waals surface area contributed by atoms with Crippen molar-refractivity contribution in [3.63, 3.8) is 0 Å². The fraction of sp³-hybridized carbons (Fsp3) is 0.118. The molecule has 0 bridgehead atoms. The molecule has 2 aromatic rings. The van der Waals surface area contributed by atoms with Crippen LogP contribution in [0.3, 0.4) is 0 Å². The van der Waals surface area contributed by atoms with E-state index in [0.717, 1.165) is 0 Å². The highest BCUT2D eigenvalue weighted by molar-refractivity contribution is 6.05. The van der Waals surface area contributed by atoms with Crippen LogP contribution >= 0.6 is 0 Å². The molecule has 2 heterocycles. The van der Waals surface area contributed by atoms with Crippen molar-refractivity contribution in [2.24, 2.45) is 0 Å². The van der Waals surface area contributed by atoms with Crippen LogP contribution in [0.15, 0.2) is 42.5 Å². The lowest BCUT2D eigenvalue weighted by molar-refractivity contribution is -0.123. The van der Waals surface area contributed by atoms with Gasteiger partial charge in [0.2, 0.25) is 12.9 Å². The molecular weight excluding hydrogens is 328 g/mol. The van der Waals surface area contributed by atoms with E-state index >= 15 is 0 Å². The molecule has 0 spiro atoms. The van der Waals surface area contributed by atoms with Crippen LogP contribution in [0.4, 0.5) is 10.5 Å². The number of carbonyl (C=O) groups excluding carboxylic acids is 3. The van der Waals surface area contributed by atoms with Gasteiger partial charge in [-0.1, -0.05) is 12.1 Å². The zero-order chi connectivity index (χ0) is 17.4. The van der Waals surface area contributed by atoms with Gasteiger partial charge in [-0.2, -0.15) is 0 Å². The van der Waals surface area contributed by atoms with Crippen molar-refractivity contribution in [2.45, 2.75) is 6.10 Å². The summed E-state index contributed by atoms with van der Waals surface area (Å²) in [4.78, 5) is 34.9. The molecule has 2 aliphatic rings. The molecule has 2 aromatic carbocycles. The molecule has 25 heavy (non-hydrogen) atoms. The third kappa shape index (κ3) is 2.85. The van der Waals surface area contributed by atoms with Crippen LogP contribution in [-0.4, -0.2) is 24.7 Å². The fourth-order valence-electron chi connectivity index (χ4n) is 2.56. The summed E-state index contributed by atoms with van der Waals surface area (Å²) < 4.78 is 15.3. The van der Waals surface area contributed by atoms with E-state index in [1.54, 1.807) is 42.5 Å². The first-order valence-corrected chi connectivity index (χ1v) is 7.42. The Morgan fingerprint density at radius 1 is 1.04 bits per heavy atom. The molecular formula is C17H12N2O6. The molecule has 0 aromatic heterocycles. The van der Waals surface area contributed by atoms with Gasteiger partial charge in [-0.3, -0.25) is 14.9 Å². The maximum atomic E-state index is 12.3. The second kappa shape index (κ2) is 5.82. The molecule has 2 N–H and O–H groups in total. The van der Waals surface area contributed by atoms with Gasteiger partial charge in [-0.15, -0.1) is 0 Å². The number of anilines is 1. The van der Waals surface area contributed by atoms with E-state index in [9.17, 15) is 14.4 Å². The second-order valence-corrected chi connectivity index (χ2v) is 5.42. The summed E-state index contributed by atoms with van der Waals surface area (Å²) in [6.45, 7) is 0.140. The number of benzene rings is 2. The minimum absolute atomic E-state index is 0.140. The summed E-state index contributed by atoms with van der Waals surface area (Å²) in [5.74, 6) is 0.306. The standard InChI is InChI=1S/C17H12N2O6/c20-15(10-3-6-12-13(7-10)24-8-23-12)18-11-4-1-9(2-5-11)14-16(21)19-17(22)25-14/h1-7,14H,8H2,(H,18,20)(H,19,21,22). The van der Waals surface area contributed by atoms with E-state index in [-0.39, 0.29) is 12.7 Å². The number of ether oxygens (including phenoxy) is 3. The number of alkyl carbamates (subject to hydrolysis) is 1. The van der Waals surface area contributed by atoms with E-state index < -0.39 is 18.1 Å². The first kappa shape index (κ1) is 15.0.